The maximum absolute atomic E-state index is 13.0. The third-order valence-electron chi connectivity index (χ3n) is 3.84. The topological polar surface area (TPSA) is 89.3 Å². The van der Waals surface area contributed by atoms with Crippen molar-refractivity contribution in [3.05, 3.63) is 47.0 Å². The van der Waals surface area contributed by atoms with Crippen molar-refractivity contribution in [1.82, 2.24) is 14.8 Å². The molecule has 0 aliphatic heterocycles. The van der Waals surface area contributed by atoms with Crippen LogP contribution in [-0.4, -0.2) is 46.7 Å². The number of allylic oxidation sites excluding steroid dienone is 3. The van der Waals surface area contributed by atoms with E-state index in [-0.39, 0.29) is 12.2 Å². The lowest BCUT2D eigenvalue weighted by Gasteiger charge is -2.07. The Bertz CT molecular complexity index is 1040. The number of nitrogens with one attached hydrogen (secondary N) is 1. The van der Waals surface area contributed by atoms with Crippen molar-refractivity contribution in [2.75, 3.05) is 32.2 Å². The van der Waals surface area contributed by atoms with Gasteiger partial charge in [-0.2, -0.15) is 9.78 Å². The van der Waals surface area contributed by atoms with Crippen LogP contribution in [0, 0.1) is 0 Å². The molecule has 0 aliphatic carbocycles. The summed E-state index contributed by atoms with van der Waals surface area (Å²) in [4.78, 5) is 18.1. The lowest BCUT2D eigenvalue weighted by atomic mass is 10.2. The van der Waals surface area contributed by atoms with Crippen molar-refractivity contribution in [2.45, 2.75) is 6.92 Å². The SMILES string of the molecule is C/C=C(\C=C/COC)n1ncc2c(sc3nccc(NCCO)c32)c1=O. The van der Waals surface area contributed by atoms with Crippen molar-refractivity contribution in [3.8, 4) is 0 Å². The number of hydrogen-bond acceptors (Lipinski definition) is 7. The van der Waals surface area contributed by atoms with Crippen molar-refractivity contribution in [2.24, 2.45) is 0 Å². The Balaban J connectivity index is 2.16. The van der Waals surface area contributed by atoms with E-state index in [4.69, 9.17) is 9.84 Å². The lowest BCUT2D eigenvalue weighted by Crippen LogP contribution is -2.20. The minimum absolute atomic E-state index is 0.0232. The number of fused-ring (bicyclic) bond motifs is 3. The van der Waals surface area contributed by atoms with E-state index in [1.54, 1.807) is 19.5 Å². The molecular formula is C18H20N4O3S. The number of methoxy groups -OCH3 is 1. The van der Waals surface area contributed by atoms with Crippen LogP contribution >= 0.6 is 11.3 Å². The molecule has 136 valence electrons. The standard InChI is InChI=1S/C18H20N4O3S/c1-3-12(5-4-10-25-2)22-18(24)16-13(11-21-22)15-14(19-8-9-23)6-7-20-17(15)26-16/h3-7,11,23H,8-10H2,1-2H3,(H,19,20)/b5-4-,12-3+. The number of anilines is 1. The van der Waals surface area contributed by atoms with Crippen LogP contribution in [0.2, 0.25) is 0 Å². The number of pyridine rings is 1. The van der Waals surface area contributed by atoms with E-state index in [1.165, 1.54) is 16.0 Å². The molecule has 0 unspecified atom stereocenters. The number of hydrogen-bond donors (Lipinski definition) is 2. The molecule has 3 rings (SSSR count). The van der Waals surface area contributed by atoms with E-state index in [2.05, 4.69) is 15.4 Å². The predicted molar refractivity (Wildman–Crippen MR) is 106 cm³/mol. The molecule has 3 aromatic rings. The first kappa shape index (κ1) is 18.2. The molecule has 0 aromatic carbocycles. The minimum atomic E-state index is -0.186. The fraction of sp³-hybridized carbons (Fsp3) is 0.278. The second kappa shape index (κ2) is 8.22. The molecule has 0 amide bonds. The number of aliphatic hydroxyl groups excluding tert-OH is 1. The van der Waals surface area contributed by atoms with E-state index in [1.807, 2.05) is 31.2 Å². The normalized spacial score (nSPS) is 12.5. The summed E-state index contributed by atoms with van der Waals surface area (Å²) in [6, 6.07) is 1.83. The fourth-order valence-electron chi connectivity index (χ4n) is 2.67. The molecular weight excluding hydrogens is 352 g/mol. The van der Waals surface area contributed by atoms with Gasteiger partial charge in [-0.1, -0.05) is 12.2 Å². The molecule has 0 aliphatic rings. The van der Waals surface area contributed by atoms with E-state index < -0.39 is 0 Å². The average Bonchev–Trinajstić information content (AvgIpc) is 3.05. The van der Waals surface area contributed by atoms with Gasteiger partial charge in [0.2, 0.25) is 0 Å². The van der Waals surface area contributed by atoms with E-state index in [0.29, 0.717) is 23.5 Å². The largest absolute Gasteiger partial charge is 0.395 e. The number of aliphatic hydroxyl groups is 1. The third kappa shape index (κ3) is 3.39. The van der Waals surface area contributed by atoms with Crippen LogP contribution in [0.5, 0.6) is 0 Å². The second-order valence-corrected chi connectivity index (χ2v) is 6.47. The summed E-state index contributed by atoms with van der Waals surface area (Å²) in [7, 11) is 1.61. The smallest absolute Gasteiger partial charge is 0.289 e. The first-order valence-corrected chi connectivity index (χ1v) is 8.99. The quantitative estimate of drug-likeness (QED) is 0.620. The molecule has 2 N–H and O–H groups in total. The van der Waals surface area contributed by atoms with Crippen LogP contribution in [0.25, 0.3) is 26.0 Å². The van der Waals surface area contributed by atoms with Crippen LogP contribution in [0.4, 0.5) is 5.69 Å². The molecule has 8 heteroatoms. The summed E-state index contributed by atoms with van der Waals surface area (Å²) in [6.07, 6.45) is 8.84. The van der Waals surface area contributed by atoms with Gasteiger partial charge in [-0.05, 0) is 19.1 Å². The fourth-order valence-corrected chi connectivity index (χ4v) is 3.73. The van der Waals surface area contributed by atoms with E-state index in [9.17, 15) is 4.79 Å². The molecule has 0 bridgehead atoms. The molecule has 0 radical (unpaired) electrons. The van der Waals surface area contributed by atoms with Gasteiger partial charge in [-0.15, -0.1) is 11.3 Å². The summed E-state index contributed by atoms with van der Waals surface area (Å²) in [5.41, 5.74) is 1.33. The van der Waals surface area contributed by atoms with Crippen molar-refractivity contribution in [3.63, 3.8) is 0 Å². The molecule has 7 nitrogen and oxygen atoms in total. The van der Waals surface area contributed by atoms with Crippen LogP contribution < -0.4 is 10.9 Å². The Morgan fingerprint density at radius 2 is 2.35 bits per heavy atom. The maximum Gasteiger partial charge on any atom is 0.289 e. The number of aromatic nitrogens is 3. The summed E-state index contributed by atoms with van der Waals surface area (Å²) in [5.74, 6) is 0. The number of thiophene rings is 1. The summed E-state index contributed by atoms with van der Waals surface area (Å²) in [5, 5.41) is 18.2. The molecule has 0 fully saturated rings. The lowest BCUT2D eigenvalue weighted by molar-refractivity contribution is 0.234. The Kier molecular flexibility index (Phi) is 5.77. The highest BCUT2D eigenvalue weighted by atomic mass is 32.1. The monoisotopic (exact) mass is 372 g/mol. The van der Waals surface area contributed by atoms with Crippen molar-refractivity contribution in [1.29, 1.82) is 0 Å². The maximum atomic E-state index is 13.0. The number of ether oxygens (including phenoxy) is 1. The summed E-state index contributed by atoms with van der Waals surface area (Å²) in [6.45, 7) is 2.76. The van der Waals surface area contributed by atoms with Crippen LogP contribution in [0.15, 0.2) is 41.5 Å². The van der Waals surface area contributed by atoms with Gasteiger partial charge in [0.05, 0.1) is 25.1 Å². The van der Waals surface area contributed by atoms with Crippen LogP contribution in [0.1, 0.15) is 6.92 Å². The third-order valence-corrected chi connectivity index (χ3v) is 4.94. The molecule has 0 atom stereocenters. The van der Waals surface area contributed by atoms with E-state index >= 15 is 0 Å². The highest BCUT2D eigenvalue weighted by Crippen LogP contribution is 2.34. The first-order chi connectivity index (χ1) is 12.7. The molecule has 3 aromatic heterocycles. The zero-order valence-corrected chi connectivity index (χ0v) is 15.4. The van der Waals surface area contributed by atoms with Gasteiger partial charge >= 0.3 is 0 Å². The van der Waals surface area contributed by atoms with Crippen LogP contribution in [0.3, 0.4) is 0 Å². The van der Waals surface area contributed by atoms with Gasteiger partial charge < -0.3 is 15.2 Å². The van der Waals surface area contributed by atoms with Gasteiger partial charge in [0, 0.05) is 36.3 Å². The number of nitrogens with zero attached hydrogens (tertiary/aromatic N) is 3. The Morgan fingerprint density at radius 3 is 3.08 bits per heavy atom. The molecule has 0 saturated heterocycles. The van der Waals surface area contributed by atoms with Crippen LogP contribution in [-0.2, 0) is 4.74 Å². The zero-order chi connectivity index (χ0) is 18.5. The van der Waals surface area contributed by atoms with Gasteiger partial charge in [0.25, 0.3) is 5.56 Å². The molecule has 26 heavy (non-hydrogen) atoms. The van der Waals surface area contributed by atoms with E-state index in [0.717, 1.165) is 21.3 Å². The second-order valence-electron chi connectivity index (χ2n) is 5.47. The summed E-state index contributed by atoms with van der Waals surface area (Å²) >= 11 is 1.34. The average molecular weight is 372 g/mol. The number of rotatable bonds is 7. The van der Waals surface area contributed by atoms with Gasteiger partial charge in [-0.25, -0.2) is 4.98 Å². The molecule has 0 spiro atoms. The highest BCUT2D eigenvalue weighted by Gasteiger charge is 2.15. The minimum Gasteiger partial charge on any atom is -0.395 e. The Morgan fingerprint density at radius 1 is 1.50 bits per heavy atom. The zero-order valence-electron chi connectivity index (χ0n) is 14.6. The Labute approximate surface area is 154 Å². The predicted octanol–water partition coefficient (Wildman–Crippen LogP) is 2.47. The van der Waals surface area contributed by atoms with Gasteiger partial charge in [0.1, 0.15) is 9.53 Å². The van der Waals surface area contributed by atoms with Crippen molar-refractivity contribution >= 4 is 43.0 Å². The first-order valence-electron chi connectivity index (χ1n) is 8.17. The molecule has 3 heterocycles. The van der Waals surface area contributed by atoms with Crippen molar-refractivity contribution < 1.29 is 9.84 Å². The van der Waals surface area contributed by atoms with Gasteiger partial charge in [-0.3, -0.25) is 4.79 Å². The van der Waals surface area contributed by atoms with Gasteiger partial charge in [0.15, 0.2) is 0 Å². The Hall–Kier alpha value is -2.55. The molecule has 0 saturated carbocycles. The highest BCUT2D eigenvalue weighted by molar-refractivity contribution is 7.25. The summed E-state index contributed by atoms with van der Waals surface area (Å²) < 4.78 is 6.98.